The molecule has 0 aliphatic carbocycles. The average molecular weight is 455 g/mol. The number of anilines is 1. The molecule has 1 aromatic carbocycles. The Kier molecular flexibility index (Phi) is 7.33. The van der Waals surface area contributed by atoms with Crippen molar-refractivity contribution in [3.63, 3.8) is 0 Å². The van der Waals surface area contributed by atoms with Gasteiger partial charge in [-0.1, -0.05) is 25.1 Å². The Morgan fingerprint density at radius 1 is 1.07 bits per heavy atom. The minimum absolute atomic E-state index is 0.268. The van der Waals surface area contributed by atoms with Gasteiger partial charge < -0.3 is 4.90 Å². The highest BCUT2D eigenvalue weighted by Gasteiger charge is 2.24. The lowest BCUT2D eigenvalue weighted by Crippen LogP contribution is -2.38. The summed E-state index contributed by atoms with van der Waals surface area (Å²) in [4.78, 5) is 6.61. The summed E-state index contributed by atoms with van der Waals surface area (Å²) in [6, 6.07) is 9.67. The quantitative estimate of drug-likeness (QED) is 0.465. The van der Waals surface area contributed by atoms with E-state index in [9.17, 15) is 12.8 Å². The number of thiophene rings is 1. The molecule has 0 saturated carbocycles. The van der Waals surface area contributed by atoms with Gasteiger partial charge in [0.15, 0.2) is 0 Å². The summed E-state index contributed by atoms with van der Waals surface area (Å²) >= 11 is 2.52. The zero-order chi connectivity index (χ0) is 20.9. The molecule has 29 heavy (non-hydrogen) atoms. The molecule has 3 aromatic rings. The Bertz CT molecular complexity index is 1000. The van der Waals surface area contributed by atoms with Crippen LogP contribution in [0.15, 0.2) is 46.0 Å². The van der Waals surface area contributed by atoms with E-state index >= 15 is 0 Å². The number of hydrogen-bond donors (Lipinski definition) is 0. The molecule has 0 unspecified atom stereocenters. The minimum atomic E-state index is -3.47. The summed E-state index contributed by atoms with van der Waals surface area (Å²) in [7, 11) is -3.47. The maximum absolute atomic E-state index is 13.1. The van der Waals surface area contributed by atoms with Crippen molar-refractivity contribution in [2.75, 3.05) is 31.1 Å². The van der Waals surface area contributed by atoms with E-state index in [-0.39, 0.29) is 5.82 Å². The zero-order valence-corrected chi connectivity index (χ0v) is 18.7. The third-order valence-corrected chi connectivity index (χ3v) is 8.61. The summed E-state index contributed by atoms with van der Waals surface area (Å²) in [5, 5.41) is 2.53. The number of likely N-dealkylation sites (N-methyl/N-ethyl adjacent to an activating group) is 2. The Hall–Kier alpha value is -1.88. The molecule has 0 spiro atoms. The van der Waals surface area contributed by atoms with Crippen molar-refractivity contribution in [1.29, 1.82) is 0 Å². The van der Waals surface area contributed by atoms with Gasteiger partial charge in [0.1, 0.15) is 15.9 Å². The van der Waals surface area contributed by atoms with Crippen LogP contribution < -0.4 is 4.90 Å². The van der Waals surface area contributed by atoms with Crippen LogP contribution >= 0.6 is 22.9 Å². The average Bonchev–Trinajstić information content (AvgIpc) is 3.40. The van der Waals surface area contributed by atoms with E-state index in [1.807, 2.05) is 18.7 Å². The summed E-state index contributed by atoms with van der Waals surface area (Å²) < 4.78 is 44.8. The van der Waals surface area contributed by atoms with Crippen molar-refractivity contribution in [3.05, 3.63) is 59.0 Å². The number of benzene rings is 1. The van der Waals surface area contributed by atoms with Gasteiger partial charge in [-0.2, -0.15) is 8.68 Å². The first-order chi connectivity index (χ1) is 13.9. The lowest BCUT2D eigenvalue weighted by Gasteiger charge is -2.24. The molecule has 0 aliphatic rings. The van der Waals surface area contributed by atoms with Crippen molar-refractivity contribution in [2.45, 2.75) is 24.5 Å². The first-order valence-electron chi connectivity index (χ1n) is 9.29. The van der Waals surface area contributed by atoms with Gasteiger partial charge >= 0.3 is 0 Å². The van der Waals surface area contributed by atoms with Gasteiger partial charge in [-0.3, -0.25) is 0 Å². The van der Waals surface area contributed by atoms with E-state index in [1.54, 1.807) is 29.6 Å². The minimum Gasteiger partial charge on any atom is -0.346 e. The molecule has 0 N–H and O–H groups in total. The van der Waals surface area contributed by atoms with Crippen LogP contribution in [-0.4, -0.2) is 48.3 Å². The standard InChI is InChI=1S/C19H23FN4O2S3/c1-3-23(11-12-24(4-2)29(25,26)18-6-5-13-27-18)19-21-17(22-28-19)14-15-7-9-16(20)10-8-15/h5-10,13H,3-4,11-12,14H2,1-2H3. The Balaban J connectivity index is 1.65. The molecule has 6 nitrogen and oxygen atoms in total. The van der Waals surface area contributed by atoms with Gasteiger partial charge in [-0.25, -0.2) is 17.8 Å². The van der Waals surface area contributed by atoms with E-state index in [2.05, 4.69) is 9.36 Å². The van der Waals surface area contributed by atoms with Crippen molar-refractivity contribution < 1.29 is 12.8 Å². The second-order valence-corrected chi connectivity index (χ2v) is 10.1. The van der Waals surface area contributed by atoms with Crippen LogP contribution in [0.3, 0.4) is 0 Å². The van der Waals surface area contributed by atoms with Crippen molar-refractivity contribution in [2.24, 2.45) is 0 Å². The fourth-order valence-electron chi connectivity index (χ4n) is 2.84. The number of halogens is 1. The Morgan fingerprint density at radius 2 is 1.83 bits per heavy atom. The van der Waals surface area contributed by atoms with Gasteiger partial charge in [0.05, 0.1) is 0 Å². The van der Waals surface area contributed by atoms with Crippen LogP contribution in [0.2, 0.25) is 0 Å². The number of rotatable bonds is 10. The SMILES string of the molecule is CCN(CCN(CC)S(=O)(=O)c1cccs1)c1nc(Cc2ccc(F)cc2)ns1. The summed E-state index contributed by atoms with van der Waals surface area (Å²) in [5.41, 5.74) is 0.943. The van der Waals surface area contributed by atoms with Gasteiger partial charge in [0.2, 0.25) is 5.13 Å². The Labute approximate surface area is 178 Å². The lowest BCUT2D eigenvalue weighted by atomic mass is 10.1. The molecular weight excluding hydrogens is 431 g/mol. The molecule has 0 saturated heterocycles. The molecule has 0 aliphatic heterocycles. The molecule has 0 radical (unpaired) electrons. The number of hydrogen-bond acceptors (Lipinski definition) is 7. The maximum Gasteiger partial charge on any atom is 0.252 e. The van der Waals surface area contributed by atoms with Crippen LogP contribution in [0.5, 0.6) is 0 Å². The van der Waals surface area contributed by atoms with Crippen LogP contribution in [-0.2, 0) is 16.4 Å². The first kappa shape index (κ1) is 21.8. The van der Waals surface area contributed by atoms with Crippen molar-refractivity contribution in [3.8, 4) is 0 Å². The molecule has 0 fully saturated rings. The molecule has 2 aromatic heterocycles. The third kappa shape index (κ3) is 5.39. The van der Waals surface area contributed by atoms with Crippen molar-refractivity contribution >= 4 is 38.0 Å². The van der Waals surface area contributed by atoms with E-state index in [0.29, 0.717) is 42.6 Å². The predicted molar refractivity (Wildman–Crippen MR) is 116 cm³/mol. The van der Waals surface area contributed by atoms with Gasteiger partial charge in [0.25, 0.3) is 10.0 Å². The zero-order valence-electron chi connectivity index (χ0n) is 16.3. The first-order valence-corrected chi connectivity index (χ1v) is 12.4. The third-order valence-electron chi connectivity index (χ3n) is 4.45. The molecule has 0 amide bonds. The van der Waals surface area contributed by atoms with Crippen LogP contribution in [0.4, 0.5) is 9.52 Å². The smallest absolute Gasteiger partial charge is 0.252 e. The topological polar surface area (TPSA) is 66.4 Å². The number of nitrogens with zero attached hydrogens (tertiary/aromatic N) is 4. The number of sulfonamides is 1. The predicted octanol–water partition coefficient (Wildman–Crippen LogP) is 3.87. The van der Waals surface area contributed by atoms with E-state index in [4.69, 9.17) is 0 Å². The fourth-order valence-corrected chi connectivity index (χ4v) is 6.20. The largest absolute Gasteiger partial charge is 0.346 e. The lowest BCUT2D eigenvalue weighted by molar-refractivity contribution is 0.432. The number of aromatic nitrogens is 2. The second-order valence-electron chi connectivity index (χ2n) is 6.30. The summed E-state index contributed by atoms with van der Waals surface area (Å²) in [5.74, 6) is 0.407. The van der Waals surface area contributed by atoms with Crippen LogP contribution in [0.25, 0.3) is 0 Å². The van der Waals surface area contributed by atoms with E-state index < -0.39 is 10.0 Å². The molecule has 3 rings (SSSR count). The van der Waals surface area contributed by atoms with Crippen LogP contribution in [0, 0.1) is 5.82 Å². The highest BCUT2D eigenvalue weighted by molar-refractivity contribution is 7.91. The van der Waals surface area contributed by atoms with E-state index in [1.165, 1.54) is 39.3 Å². The van der Waals surface area contributed by atoms with Crippen molar-refractivity contribution in [1.82, 2.24) is 13.7 Å². The molecule has 0 bridgehead atoms. The molecular formula is C19H23FN4O2S3. The molecule has 156 valence electrons. The monoisotopic (exact) mass is 454 g/mol. The normalized spacial score (nSPS) is 11.9. The summed E-state index contributed by atoms with van der Waals surface area (Å²) in [6.07, 6.45) is 0.530. The second kappa shape index (κ2) is 9.75. The van der Waals surface area contributed by atoms with Crippen LogP contribution in [0.1, 0.15) is 25.2 Å². The Morgan fingerprint density at radius 3 is 2.45 bits per heavy atom. The molecule has 2 heterocycles. The fraction of sp³-hybridized carbons (Fsp3) is 0.368. The summed E-state index contributed by atoms with van der Waals surface area (Å²) in [6.45, 7) is 5.85. The van der Waals surface area contributed by atoms with E-state index in [0.717, 1.165) is 10.7 Å². The van der Waals surface area contributed by atoms with Gasteiger partial charge in [-0.05, 0) is 36.1 Å². The highest BCUT2D eigenvalue weighted by atomic mass is 32.2. The highest BCUT2D eigenvalue weighted by Crippen LogP contribution is 2.22. The van der Waals surface area contributed by atoms with Gasteiger partial charge in [0, 0.05) is 44.1 Å². The molecule has 0 atom stereocenters. The molecule has 10 heteroatoms. The van der Waals surface area contributed by atoms with Gasteiger partial charge in [-0.15, -0.1) is 11.3 Å². The maximum atomic E-state index is 13.1.